The Morgan fingerprint density at radius 2 is 1.71 bits per heavy atom. The molecule has 0 aromatic heterocycles. The number of rotatable bonds is 1. The summed E-state index contributed by atoms with van der Waals surface area (Å²) in [4.78, 5) is 0. The van der Waals surface area contributed by atoms with Crippen molar-refractivity contribution in [3.63, 3.8) is 0 Å². The van der Waals surface area contributed by atoms with E-state index in [1.807, 2.05) is 5.92 Å². The van der Waals surface area contributed by atoms with Crippen LogP contribution in [-0.4, -0.2) is 0 Å². The molecular formula is C14H23. The lowest BCUT2D eigenvalue weighted by Crippen LogP contribution is -2.52. The summed E-state index contributed by atoms with van der Waals surface area (Å²) < 4.78 is 0. The zero-order valence-corrected chi connectivity index (χ0v) is 9.90. The summed E-state index contributed by atoms with van der Waals surface area (Å²) in [7, 11) is 0. The number of hydrogen-bond acceptors (Lipinski definition) is 0. The summed E-state index contributed by atoms with van der Waals surface area (Å²) in [6, 6.07) is 0. The average molecular weight is 191 g/mol. The monoisotopic (exact) mass is 191 g/mol. The summed E-state index contributed by atoms with van der Waals surface area (Å²) in [5, 5.41) is 0. The Morgan fingerprint density at radius 1 is 1.14 bits per heavy atom. The molecule has 3 atom stereocenters. The number of hydrogen-bond donors (Lipinski definition) is 0. The highest BCUT2D eigenvalue weighted by Gasteiger charge is 2.57. The van der Waals surface area contributed by atoms with Crippen molar-refractivity contribution >= 4 is 0 Å². The van der Waals surface area contributed by atoms with Crippen molar-refractivity contribution in [2.45, 2.75) is 59.3 Å². The minimum absolute atomic E-state index is 0.705. The molecule has 0 N–H and O–H groups in total. The van der Waals surface area contributed by atoms with Crippen LogP contribution in [-0.2, 0) is 0 Å². The molecule has 0 nitrogen and oxygen atoms in total. The molecule has 4 fully saturated rings. The van der Waals surface area contributed by atoms with Crippen molar-refractivity contribution in [3.8, 4) is 0 Å². The third-order valence-corrected chi connectivity index (χ3v) is 5.20. The molecule has 79 valence electrons. The summed E-state index contributed by atoms with van der Waals surface area (Å²) in [5.41, 5.74) is 1.41. The first kappa shape index (κ1) is 9.24. The molecule has 0 aromatic rings. The van der Waals surface area contributed by atoms with Crippen LogP contribution in [0.25, 0.3) is 0 Å². The van der Waals surface area contributed by atoms with Crippen LogP contribution in [0.15, 0.2) is 0 Å². The second-order valence-electron chi connectivity index (χ2n) is 6.99. The summed E-state index contributed by atoms with van der Waals surface area (Å²) in [6.07, 6.45) is 8.92. The van der Waals surface area contributed by atoms with Crippen molar-refractivity contribution in [2.24, 2.45) is 22.7 Å². The van der Waals surface area contributed by atoms with E-state index < -0.39 is 0 Å². The lowest BCUT2D eigenvalue weighted by Gasteiger charge is -2.63. The minimum Gasteiger partial charge on any atom is -0.0651 e. The second kappa shape index (κ2) is 2.57. The molecule has 4 saturated carbocycles. The molecule has 0 heterocycles. The van der Waals surface area contributed by atoms with E-state index in [1.165, 1.54) is 38.5 Å². The fraction of sp³-hybridized carbons (Fsp3) is 0.929. The van der Waals surface area contributed by atoms with E-state index >= 15 is 0 Å². The topological polar surface area (TPSA) is 0 Å². The Balaban J connectivity index is 1.94. The molecule has 4 rings (SSSR count). The normalized spacial score (nSPS) is 56.8. The molecule has 0 aromatic carbocycles. The van der Waals surface area contributed by atoms with Crippen molar-refractivity contribution in [1.29, 1.82) is 0 Å². The highest BCUT2D eigenvalue weighted by molar-refractivity contribution is 5.19. The van der Waals surface area contributed by atoms with Crippen molar-refractivity contribution < 1.29 is 0 Å². The molecule has 3 unspecified atom stereocenters. The van der Waals surface area contributed by atoms with E-state index in [0.29, 0.717) is 10.8 Å². The Hall–Kier alpha value is 0. The Bertz CT molecular complexity index is 217. The van der Waals surface area contributed by atoms with Gasteiger partial charge in [-0.05, 0) is 60.7 Å². The Labute approximate surface area is 88.5 Å². The van der Waals surface area contributed by atoms with Gasteiger partial charge < -0.3 is 0 Å². The van der Waals surface area contributed by atoms with Gasteiger partial charge in [0.05, 0.1) is 0 Å². The van der Waals surface area contributed by atoms with Gasteiger partial charge in [0.25, 0.3) is 0 Å². The Morgan fingerprint density at radius 3 is 2.14 bits per heavy atom. The highest BCUT2D eigenvalue weighted by atomic mass is 14.6. The third kappa shape index (κ3) is 1.12. The predicted molar refractivity (Wildman–Crippen MR) is 59.8 cm³/mol. The molecule has 4 aliphatic rings. The molecule has 1 radical (unpaired) electrons. The van der Waals surface area contributed by atoms with E-state index in [4.69, 9.17) is 0 Å². The van der Waals surface area contributed by atoms with Crippen LogP contribution >= 0.6 is 0 Å². The van der Waals surface area contributed by atoms with Gasteiger partial charge in [-0.3, -0.25) is 0 Å². The molecule has 0 aliphatic heterocycles. The second-order valence-corrected chi connectivity index (χ2v) is 6.99. The van der Waals surface area contributed by atoms with Crippen LogP contribution in [0.1, 0.15) is 59.3 Å². The molecule has 0 spiro atoms. The van der Waals surface area contributed by atoms with Crippen LogP contribution in [0.3, 0.4) is 0 Å². The van der Waals surface area contributed by atoms with E-state index in [1.54, 1.807) is 0 Å². The van der Waals surface area contributed by atoms with Gasteiger partial charge in [-0.2, -0.15) is 0 Å². The van der Waals surface area contributed by atoms with E-state index in [0.717, 1.165) is 11.8 Å². The Kier molecular flexibility index (Phi) is 1.70. The standard InChI is InChI=1S/C14H23/c1-4-12-10-5-13(2)6-11(12)8-14(3,7-10)9-13/h10,12H,4-9H2,1-3H3. The quantitative estimate of drug-likeness (QED) is 0.582. The molecule has 4 aliphatic carbocycles. The fourth-order valence-electron chi connectivity index (χ4n) is 5.44. The smallest absolute Gasteiger partial charge is 0.0197 e. The molecular weight excluding hydrogens is 168 g/mol. The molecule has 0 heteroatoms. The van der Waals surface area contributed by atoms with Gasteiger partial charge >= 0.3 is 0 Å². The lowest BCUT2D eigenvalue weighted by molar-refractivity contribution is -0.0687. The summed E-state index contributed by atoms with van der Waals surface area (Å²) in [5.74, 6) is 4.02. The van der Waals surface area contributed by atoms with Crippen molar-refractivity contribution in [1.82, 2.24) is 0 Å². The zero-order valence-electron chi connectivity index (χ0n) is 9.90. The maximum atomic E-state index is 2.54. The maximum Gasteiger partial charge on any atom is -0.0197 e. The first-order chi connectivity index (χ1) is 6.54. The van der Waals surface area contributed by atoms with Crippen LogP contribution in [0.2, 0.25) is 0 Å². The van der Waals surface area contributed by atoms with Crippen LogP contribution in [0.4, 0.5) is 0 Å². The predicted octanol–water partition coefficient (Wildman–Crippen LogP) is 4.21. The van der Waals surface area contributed by atoms with Gasteiger partial charge in [0, 0.05) is 0 Å². The van der Waals surface area contributed by atoms with Gasteiger partial charge in [0.15, 0.2) is 0 Å². The molecule has 14 heavy (non-hydrogen) atoms. The van der Waals surface area contributed by atoms with Crippen LogP contribution in [0, 0.1) is 28.6 Å². The van der Waals surface area contributed by atoms with Crippen molar-refractivity contribution in [2.75, 3.05) is 0 Å². The minimum atomic E-state index is 0.705. The molecule has 0 saturated heterocycles. The van der Waals surface area contributed by atoms with Gasteiger partial charge in [0.1, 0.15) is 0 Å². The summed E-state index contributed by atoms with van der Waals surface area (Å²) in [6.45, 7) is 7.48. The van der Waals surface area contributed by atoms with E-state index in [2.05, 4.69) is 20.8 Å². The third-order valence-electron chi connectivity index (χ3n) is 5.20. The lowest BCUT2D eigenvalue weighted by atomic mass is 9.42. The van der Waals surface area contributed by atoms with Crippen molar-refractivity contribution in [3.05, 3.63) is 5.92 Å². The van der Waals surface area contributed by atoms with Crippen LogP contribution < -0.4 is 0 Å². The van der Waals surface area contributed by atoms with E-state index in [-0.39, 0.29) is 0 Å². The largest absolute Gasteiger partial charge is 0.0651 e. The summed E-state index contributed by atoms with van der Waals surface area (Å²) >= 11 is 0. The SMILES string of the molecule is CCC1[C]2CC3(C)CC1CC(C)(C2)C3. The van der Waals surface area contributed by atoms with Gasteiger partial charge in [-0.15, -0.1) is 0 Å². The fourth-order valence-corrected chi connectivity index (χ4v) is 5.44. The van der Waals surface area contributed by atoms with E-state index in [9.17, 15) is 0 Å². The first-order valence-corrected chi connectivity index (χ1v) is 6.38. The zero-order chi connectivity index (χ0) is 9.97. The first-order valence-electron chi connectivity index (χ1n) is 6.38. The highest BCUT2D eigenvalue weighted by Crippen LogP contribution is 2.67. The molecule has 0 amide bonds. The molecule has 4 bridgehead atoms. The van der Waals surface area contributed by atoms with Crippen LogP contribution in [0.5, 0.6) is 0 Å². The van der Waals surface area contributed by atoms with Gasteiger partial charge in [-0.1, -0.05) is 27.2 Å². The maximum absolute atomic E-state index is 2.54. The van der Waals surface area contributed by atoms with Gasteiger partial charge in [0.2, 0.25) is 0 Å². The average Bonchev–Trinajstić information content (AvgIpc) is 1.97. The van der Waals surface area contributed by atoms with Gasteiger partial charge in [-0.25, -0.2) is 0 Å².